The van der Waals surface area contributed by atoms with Gasteiger partial charge in [-0.05, 0) is 28.8 Å². The minimum Gasteiger partial charge on any atom is -0.478 e. The third-order valence-electron chi connectivity index (χ3n) is 2.81. The van der Waals surface area contributed by atoms with Gasteiger partial charge in [-0.1, -0.05) is 61.2 Å². The van der Waals surface area contributed by atoms with Crippen LogP contribution in [0.2, 0.25) is 0 Å². The second-order valence-corrected chi connectivity index (χ2v) is 4.06. The van der Waals surface area contributed by atoms with Crippen LogP contribution in [0.4, 0.5) is 0 Å². The Hall–Kier alpha value is -2.61. The first kappa shape index (κ1) is 12.8. The van der Waals surface area contributed by atoms with Crippen molar-refractivity contribution < 1.29 is 9.90 Å². The summed E-state index contributed by atoms with van der Waals surface area (Å²) in [5.41, 5.74) is 3.35. The zero-order valence-corrected chi connectivity index (χ0v) is 10.4. The summed E-state index contributed by atoms with van der Waals surface area (Å²) in [4.78, 5) is 10.8. The van der Waals surface area contributed by atoms with Crippen molar-refractivity contribution in [2.75, 3.05) is 0 Å². The molecule has 0 spiro atoms. The molecule has 2 aromatic carbocycles. The van der Waals surface area contributed by atoms with E-state index in [0.29, 0.717) is 0 Å². The van der Waals surface area contributed by atoms with E-state index in [4.69, 9.17) is 5.11 Å². The van der Waals surface area contributed by atoms with Gasteiger partial charge in [-0.3, -0.25) is 0 Å². The minimum absolute atomic E-state index is 0.287. The quantitative estimate of drug-likeness (QED) is 0.833. The minimum atomic E-state index is -0.916. The van der Waals surface area contributed by atoms with Crippen LogP contribution in [-0.2, 0) is 0 Å². The van der Waals surface area contributed by atoms with Crippen molar-refractivity contribution >= 4 is 11.5 Å². The molecule has 0 bridgehead atoms. The van der Waals surface area contributed by atoms with Crippen molar-refractivity contribution in [3.63, 3.8) is 0 Å². The van der Waals surface area contributed by atoms with Gasteiger partial charge in [-0.25, -0.2) is 4.79 Å². The summed E-state index contributed by atoms with van der Waals surface area (Å²) in [7, 11) is 0. The Morgan fingerprint density at radius 2 is 1.42 bits per heavy atom. The lowest BCUT2D eigenvalue weighted by molar-refractivity contribution is 0.0697. The van der Waals surface area contributed by atoms with Gasteiger partial charge in [-0.15, -0.1) is 0 Å². The highest BCUT2D eigenvalue weighted by Gasteiger charge is 2.06. The second kappa shape index (κ2) is 5.83. The summed E-state index contributed by atoms with van der Waals surface area (Å²) in [5.74, 6) is -0.916. The molecule has 0 saturated carbocycles. The molecule has 0 radical (unpaired) electrons. The van der Waals surface area contributed by atoms with Gasteiger partial charge in [0.2, 0.25) is 0 Å². The van der Waals surface area contributed by atoms with Crippen LogP contribution in [0, 0.1) is 0 Å². The molecule has 0 aliphatic heterocycles. The predicted octanol–water partition coefficient (Wildman–Crippen LogP) is 4.00. The van der Waals surface area contributed by atoms with E-state index in [-0.39, 0.29) is 5.56 Å². The predicted molar refractivity (Wildman–Crippen MR) is 77.1 cm³/mol. The molecule has 1 N–H and O–H groups in total. The Kier molecular flexibility index (Phi) is 3.94. The fourth-order valence-corrected chi connectivity index (χ4v) is 1.89. The van der Waals surface area contributed by atoms with Crippen molar-refractivity contribution in [3.8, 4) is 0 Å². The van der Waals surface area contributed by atoms with Gasteiger partial charge in [0, 0.05) is 0 Å². The maximum atomic E-state index is 10.8. The summed E-state index contributed by atoms with van der Waals surface area (Å²) in [6.07, 6.45) is 3.65. The number of hydrogen-bond acceptors (Lipinski definition) is 1. The SMILES string of the molecule is C=CC=C(c1ccccc1)c1ccc(C(=O)O)cc1. The standard InChI is InChI=1S/C17H14O2/c1-2-6-16(13-7-4-3-5-8-13)14-9-11-15(12-10-14)17(18)19/h2-12H,1H2,(H,18,19). The number of aromatic carboxylic acids is 1. The van der Waals surface area contributed by atoms with Crippen molar-refractivity contribution in [2.45, 2.75) is 0 Å². The molecule has 0 fully saturated rings. The lowest BCUT2D eigenvalue weighted by Gasteiger charge is -2.08. The van der Waals surface area contributed by atoms with Crippen LogP contribution in [0.3, 0.4) is 0 Å². The molecule has 0 unspecified atom stereocenters. The summed E-state index contributed by atoms with van der Waals surface area (Å²) in [6.45, 7) is 3.73. The number of carboxylic acid groups (broad SMARTS) is 1. The second-order valence-electron chi connectivity index (χ2n) is 4.06. The van der Waals surface area contributed by atoms with Gasteiger partial charge < -0.3 is 5.11 Å². The highest BCUT2D eigenvalue weighted by atomic mass is 16.4. The molecular formula is C17H14O2. The van der Waals surface area contributed by atoms with E-state index in [9.17, 15) is 4.79 Å². The van der Waals surface area contributed by atoms with Gasteiger partial charge in [0.25, 0.3) is 0 Å². The smallest absolute Gasteiger partial charge is 0.335 e. The molecule has 0 aliphatic rings. The molecule has 94 valence electrons. The number of carbonyl (C=O) groups is 1. The Balaban J connectivity index is 2.43. The Morgan fingerprint density at radius 3 is 1.95 bits per heavy atom. The molecule has 0 aromatic heterocycles. The van der Waals surface area contributed by atoms with E-state index in [2.05, 4.69) is 6.58 Å². The third-order valence-corrected chi connectivity index (χ3v) is 2.81. The molecule has 0 aliphatic carbocycles. The van der Waals surface area contributed by atoms with Crippen LogP contribution in [0.5, 0.6) is 0 Å². The molecule has 19 heavy (non-hydrogen) atoms. The zero-order chi connectivity index (χ0) is 13.7. The summed E-state index contributed by atoms with van der Waals surface area (Å²) in [6, 6.07) is 16.8. The number of rotatable bonds is 4. The first-order chi connectivity index (χ1) is 9.22. The molecule has 2 heteroatoms. The Morgan fingerprint density at radius 1 is 0.895 bits per heavy atom. The van der Waals surface area contributed by atoms with Crippen LogP contribution >= 0.6 is 0 Å². The van der Waals surface area contributed by atoms with Crippen LogP contribution < -0.4 is 0 Å². The summed E-state index contributed by atoms with van der Waals surface area (Å²) >= 11 is 0. The molecule has 0 heterocycles. The van der Waals surface area contributed by atoms with E-state index in [1.54, 1.807) is 18.2 Å². The average Bonchev–Trinajstić information content (AvgIpc) is 2.46. The van der Waals surface area contributed by atoms with Gasteiger partial charge in [0.05, 0.1) is 5.56 Å². The van der Waals surface area contributed by atoms with Crippen molar-refractivity contribution in [2.24, 2.45) is 0 Å². The van der Waals surface area contributed by atoms with E-state index >= 15 is 0 Å². The lowest BCUT2D eigenvalue weighted by Crippen LogP contribution is -1.96. The fourth-order valence-electron chi connectivity index (χ4n) is 1.89. The van der Waals surface area contributed by atoms with Crippen LogP contribution in [0.15, 0.2) is 73.3 Å². The van der Waals surface area contributed by atoms with Gasteiger partial charge in [0.1, 0.15) is 0 Å². The van der Waals surface area contributed by atoms with E-state index < -0.39 is 5.97 Å². The monoisotopic (exact) mass is 250 g/mol. The molecule has 2 aromatic rings. The fraction of sp³-hybridized carbons (Fsp3) is 0. The molecule has 0 atom stereocenters. The first-order valence-electron chi connectivity index (χ1n) is 5.94. The lowest BCUT2D eigenvalue weighted by atomic mass is 9.97. The zero-order valence-electron chi connectivity index (χ0n) is 10.4. The Labute approximate surface area is 112 Å². The van der Waals surface area contributed by atoms with Crippen molar-refractivity contribution in [1.29, 1.82) is 0 Å². The number of benzene rings is 2. The Bertz CT molecular complexity index is 607. The molecule has 2 nitrogen and oxygen atoms in total. The summed E-state index contributed by atoms with van der Waals surface area (Å²) < 4.78 is 0. The average molecular weight is 250 g/mol. The normalized spacial score (nSPS) is 11.1. The van der Waals surface area contributed by atoms with Crippen molar-refractivity contribution in [3.05, 3.63) is 90.0 Å². The number of allylic oxidation sites excluding steroid dienone is 2. The largest absolute Gasteiger partial charge is 0.478 e. The topological polar surface area (TPSA) is 37.3 Å². The van der Waals surface area contributed by atoms with E-state index in [1.807, 2.05) is 48.5 Å². The highest BCUT2D eigenvalue weighted by Crippen LogP contribution is 2.23. The molecular weight excluding hydrogens is 236 g/mol. The van der Waals surface area contributed by atoms with E-state index in [0.717, 1.165) is 16.7 Å². The van der Waals surface area contributed by atoms with Crippen LogP contribution in [0.25, 0.3) is 5.57 Å². The van der Waals surface area contributed by atoms with Gasteiger partial charge in [-0.2, -0.15) is 0 Å². The van der Waals surface area contributed by atoms with Crippen LogP contribution in [0.1, 0.15) is 21.5 Å². The molecule has 2 rings (SSSR count). The van der Waals surface area contributed by atoms with Gasteiger partial charge >= 0.3 is 5.97 Å². The number of hydrogen-bond donors (Lipinski definition) is 1. The summed E-state index contributed by atoms with van der Waals surface area (Å²) in [5, 5.41) is 8.90. The highest BCUT2D eigenvalue weighted by molar-refractivity contribution is 5.89. The van der Waals surface area contributed by atoms with E-state index in [1.165, 1.54) is 0 Å². The number of carboxylic acids is 1. The maximum absolute atomic E-state index is 10.8. The molecule has 0 amide bonds. The van der Waals surface area contributed by atoms with Crippen LogP contribution in [-0.4, -0.2) is 11.1 Å². The first-order valence-corrected chi connectivity index (χ1v) is 5.94. The maximum Gasteiger partial charge on any atom is 0.335 e. The third kappa shape index (κ3) is 2.99. The molecule has 0 saturated heterocycles. The van der Waals surface area contributed by atoms with Crippen molar-refractivity contribution in [1.82, 2.24) is 0 Å². The van der Waals surface area contributed by atoms with Gasteiger partial charge in [0.15, 0.2) is 0 Å².